The average molecular weight is 367 g/mol. The van der Waals surface area contributed by atoms with Gasteiger partial charge in [0.05, 0.1) is 22.9 Å². The average Bonchev–Trinajstić information content (AvgIpc) is 2.28. The molecule has 0 heterocycles. The van der Waals surface area contributed by atoms with Crippen molar-refractivity contribution in [3.05, 3.63) is 21.1 Å². The molecule has 0 saturated carbocycles. The molecule has 1 aromatic carbocycles. The first-order valence-corrected chi connectivity index (χ1v) is 6.97. The number of benzene rings is 1. The Morgan fingerprint density at radius 3 is 2.53 bits per heavy atom. The molecule has 0 aliphatic carbocycles. The highest BCUT2D eigenvalue weighted by molar-refractivity contribution is 9.11. The second-order valence-electron chi connectivity index (χ2n) is 4.17. The van der Waals surface area contributed by atoms with Crippen molar-refractivity contribution in [3.63, 3.8) is 0 Å². The van der Waals surface area contributed by atoms with Gasteiger partial charge in [-0.15, -0.1) is 0 Å². The van der Waals surface area contributed by atoms with Crippen LogP contribution >= 0.6 is 31.9 Å². The molecule has 0 radical (unpaired) electrons. The van der Waals surface area contributed by atoms with Gasteiger partial charge in [0.15, 0.2) is 0 Å². The number of methoxy groups -OCH3 is 1. The minimum Gasteiger partial charge on any atom is -0.495 e. The minimum absolute atomic E-state index is 0.493. The maximum Gasteiger partial charge on any atom is 0.135 e. The standard InChI is InChI=1S/C12H17Br2NO2/c1-4-12(2,16)7-15-10-6-11(17-3)9(14)5-8(10)13/h5-6,15-16H,4,7H2,1-3H3. The van der Waals surface area contributed by atoms with E-state index >= 15 is 0 Å². The van der Waals surface area contributed by atoms with Gasteiger partial charge in [0.1, 0.15) is 5.75 Å². The molecule has 0 saturated heterocycles. The molecule has 0 bridgehead atoms. The van der Waals surface area contributed by atoms with E-state index in [1.807, 2.05) is 26.0 Å². The zero-order chi connectivity index (χ0) is 13.1. The van der Waals surface area contributed by atoms with Crippen molar-refractivity contribution in [2.45, 2.75) is 25.9 Å². The van der Waals surface area contributed by atoms with Crippen LogP contribution in [0.4, 0.5) is 5.69 Å². The molecule has 0 aliphatic rings. The van der Waals surface area contributed by atoms with Crippen LogP contribution in [0.15, 0.2) is 21.1 Å². The zero-order valence-electron chi connectivity index (χ0n) is 10.2. The Bertz CT molecular complexity index is 394. The molecule has 3 nitrogen and oxygen atoms in total. The first-order valence-electron chi connectivity index (χ1n) is 5.39. The fourth-order valence-electron chi connectivity index (χ4n) is 1.23. The van der Waals surface area contributed by atoms with Gasteiger partial charge in [-0.05, 0) is 51.3 Å². The van der Waals surface area contributed by atoms with Crippen molar-refractivity contribution >= 4 is 37.5 Å². The lowest BCUT2D eigenvalue weighted by molar-refractivity contribution is 0.0697. The van der Waals surface area contributed by atoms with Crippen LogP contribution in [0.3, 0.4) is 0 Å². The molecule has 5 heteroatoms. The number of halogens is 2. The molecule has 0 spiro atoms. The lowest BCUT2D eigenvalue weighted by Gasteiger charge is -2.23. The Morgan fingerprint density at radius 2 is 2.00 bits per heavy atom. The molecule has 0 amide bonds. The minimum atomic E-state index is -0.709. The molecule has 1 unspecified atom stereocenters. The van der Waals surface area contributed by atoms with E-state index in [-0.39, 0.29) is 0 Å². The molecule has 1 atom stereocenters. The van der Waals surface area contributed by atoms with Crippen LogP contribution in [0.1, 0.15) is 20.3 Å². The molecular weight excluding hydrogens is 350 g/mol. The lowest BCUT2D eigenvalue weighted by Crippen LogP contribution is -2.32. The van der Waals surface area contributed by atoms with Gasteiger partial charge in [-0.1, -0.05) is 6.92 Å². The van der Waals surface area contributed by atoms with Gasteiger partial charge in [-0.2, -0.15) is 0 Å². The molecular formula is C12H17Br2NO2. The van der Waals surface area contributed by atoms with E-state index in [0.717, 1.165) is 20.4 Å². The SMILES string of the molecule is CCC(C)(O)CNc1cc(OC)c(Br)cc1Br. The van der Waals surface area contributed by atoms with Crippen molar-refractivity contribution in [2.24, 2.45) is 0 Å². The third kappa shape index (κ3) is 4.16. The first-order chi connectivity index (χ1) is 7.89. The first kappa shape index (κ1) is 14.8. The third-order valence-corrected chi connectivity index (χ3v) is 3.94. The van der Waals surface area contributed by atoms with Gasteiger partial charge in [0.2, 0.25) is 0 Å². The Hall–Kier alpha value is -0.260. The molecule has 17 heavy (non-hydrogen) atoms. The normalized spacial score (nSPS) is 14.2. The number of aliphatic hydroxyl groups is 1. The van der Waals surface area contributed by atoms with E-state index in [1.54, 1.807) is 7.11 Å². The summed E-state index contributed by atoms with van der Waals surface area (Å²) >= 11 is 6.88. The van der Waals surface area contributed by atoms with Gasteiger partial charge in [0.25, 0.3) is 0 Å². The molecule has 0 aliphatic heterocycles. The van der Waals surface area contributed by atoms with E-state index in [2.05, 4.69) is 37.2 Å². The summed E-state index contributed by atoms with van der Waals surface area (Å²) in [5.41, 5.74) is 0.193. The van der Waals surface area contributed by atoms with E-state index in [0.29, 0.717) is 13.0 Å². The lowest BCUT2D eigenvalue weighted by atomic mass is 10.0. The van der Waals surface area contributed by atoms with E-state index in [4.69, 9.17) is 4.74 Å². The van der Waals surface area contributed by atoms with Gasteiger partial charge in [0, 0.05) is 17.1 Å². The second-order valence-corrected chi connectivity index (χ2v) is 5.88. The molecule has 0 aromatic heterocycles. The summed E-state index contributed by atoms with van der Waals surface area (Å²) in [6.07, 6.45) is 0.700. The second kappa shape index (κ2) is 6.07. The Morgan fingerprint density at radius 1 is 1.35 bits per heavy atom. The maximum absolute atomic E-state index is 9.94. The quantitative estimate of drug-likeness (QED) is 0.832. The predicted molar refractivity (Wildman–Crippen MR) is 77.8 cm³/mol. The number of ether oxygens (including phenoxy) is 1. The maximum atomic E-state index is 9.94. The summed E-state index contributed by atoms with van der Waals surface area (Å²) in [7, 11) is 1.62. The summed E-state index contributed by atoms with van der Waals surface area (Å²) in [4.78, 5) is 0. The molecule has 1 aromatic rings. The van der Waals surface area contributed by atoms with Crippen LogP contribution in [0.25, 0.3) is 0 Å². The largest absolute Gasteiger partial charge is 0.495 e. The monoisotopic (exact) mass is 365 g/mol. The van der Waals surface area contributed by atoms with Crippen LogP contribution < -0.4 is 10.1 Å². The highest BCUT2D eigenvalue weighted by Gasteiger charge is 2.17. The highest BCUT2D eigenvalue weighted by atomic mass is 79.9. The van der Waals surface area contributed by atoms with E-state index in [1.165, 1.54) is 0 Å². The summed E-state index contributed by atoms with van der Waals surface area (Å²) < 4.78 is 7.05. The van der Waals surface area contributed by atoms with Gasteiger partial charge in [-0.3, -0.25) is 0 Å². The van der Waals surface area contributed by atoms with Crippen LogP contribution in [0.2, 0.25) is 0 Å². The smallest absolute Gasteiger partial charge is 0.135 e. The Kier molecular flexibility index (Phi) is 5.28. The van der Waals surface area contributed by atoms with Gasteiger partial charge < -0.3 is 15.2 Å². The summed E-state index contributed by atoms with van der Waals surface area (Å²) in [6.45, 7) is 4.26. The predicted octanol–water partition coefficient (Wildman–Crippen LogP) is 3.79. The van der Waals surface area contributed by atoms with Gasteiger partial charge in [-0.25, -0.2) is 0 Å². The van der Waals surface area contributed by atoms with Gasteiger partial charge >= 0.3 is 0 Å². The Labute approximate surface area is 119 Å². The number of rotatable bonds is 5. The van der Waals surface area contributed by atoms with Crippen molar-refractivity contribution in [3.8, 4) is 5.75 Å². The molecule has 0 fully saturated rings. The van der Waals surface area contributed by atoms with Crippen LogP contribution in [0.5, 0.6) is 5.75 Å². The van der Waals surface area contributed by atoms with Crippen molar-refractivity contribution in [1.29, 1.82) is 0 Å². The van der Waals surface area contributed by atoms with Crippen LogP contribution in [-0.2, 0) is 0 Å². The topological polar surface area (TPSA) is 41.5 Å². The summed E-state index contributed by atoms with van der Waals surface area (Å²) in [5.74, 6) is 0.756. The van der Waals surface area contributed by atoms with Crippen LogP contribution in [0, 0.1) is 0 Å². The number of hydrogen-bond donors (Lipinski definition) is 2. The summed E-state index contributed by atoms with van der Waals surface area (Å²) in [5, 5.41) is 13.1. The summed E-state index contributed by atoms with van der Waals surface area (Å²) in [6, 6.07) is 3.81. The molecule has 1 rings (SSSR count). The fraction of sp³-hybridized carbons (Fsp3) is 0.500. The number of anilines is 1. The van der Waals surface area contributed by atoms with E-state index in [9.17, 15) is 5.11 Å². The molecule has 96 valence electrons. The highest BCUT2D eigenvalue weighted by Crippen LogP contribution is 2.34. The van der Waals surface area contributed by atoms with Crippen LogP contribution in [-0.4, -0.2) is 24.4 Å². The number of nitrogens with one attached hydrogen (secondary N) is 1. The number of hydrogen-bond acceptors (Lipinski definition) is 3. The Balaban J connectivity index is 2.84. The van der Waals surface area contributed by atoms with Crippen molar-refractivity contribution in [1.82, 2.24) is 0 Å². The fourth-order valence-corrected chi connectivity index (χ4v) is 2.53. The third-order valence-electron chi connectivity index (χ3n) is 2.66. The van der Waals surface area contributed by atoms with Crippen molar-refractivity contribution < 1.29 is 9.84 Å². The molecule has 2 N–H and O–H groups in total. The van der Waals surface area contributed by atoms with Crippen molar-refractivity contribution in [2.75, 3.05) is 19.0 Å². The zero-order valence-corrected chi connectivity index (χ0v) is 13.4. The van der Waals surface area contributed by atoms with E-state index < -0.39 is 5.60 Å².